The van der Waals surface area contributed by atoms with Crippen molar-refractivity contribution in [3.63, 3.8) is 0 Å². The molecule has 36 heavy (non-hydrogen) atoms. The van der Waals surface area contributed by atoms with Crippen molar-refractivity contribution in [2.45, 2.75) is 25.8 Å². The Morgan fingerprint density at radius 2 is 2.00 bits per heavy atom. The van der Waals surface area contributed by atoms with Crippen LogP contribution >= 0.6 is 11.6 Å². The van der Waals surface area contributed by atoms with E-state index in [0.29, 0.717) is 17.2 Å². The molecular formula is C21H13ClF5N5O4. The molecule has 2 aromatic heterocycles. The van der Waals surface area contributed by atoms with E-state index in [1.54, 1.807) is 0 Å². The van der Waals surface area contributed by atoms with Gasteiger partial charge in [-0.15, -0.1) is 0 Å². The highest BCUT2D eigenvalue weighted by Gasteiger charge is 2.48. The van der Waals surface area contributed by atoms with Gasteiger partial charge in [0.05, 0.1) is 36.8 Å². The first-order valence-electron chi connectivity index (χ1n) is 9.64. The Labute approximate surface area is 203 Å². The van der Waals surface area contributed by atoms with Crippen molar-refractivity contribution >= 4 is 17.9 Å². The third-order valence-electron chi connectivity index (χ3n) is 4.74. The van der Waals surface area contributed by atoms with E-state index in [0.717, 1.165) is 12.1 Å². The van der Waals surface area contributed by atoms with Gasteiger partial charge in [-0.3, -0.25) is 14.2 Å². The van der Waals surface area contributed by atoms with E-state index in [1.807, 2.05) is 0 Å². The van der Waals surface area contributed by atoms with Gasteiger partial charge in [-0.1, -0.05) is 11.6 Å². The van der Waals surface area contributed by atoms with E-state index in [1.165, 1.54) is 20.1 Å². The molecule has 0 saturated carbocycles. The van der Waals surface area contributed by atoms with Crippen LogP contribution in [0.2, 0.25) is 5.02 Å². The fourth-order valence-corrected chi connectivity index (χ4v) is 3.22. The van der Waals surface area contributed by atoms with Crippen LogP contribution in [0.1, 0.15) is 33.1 Å². The van der Waals surface area contributed by atoms with E-state index in [-0.39, 0.29) is 28.0 Å². The largest absolute Gasteiger partial charge is 0.481 e. The summed E-state index contributed by atoms with van der Waals surface area (Å²) in [6.45, 7) is 0.949. The van der Waals surface area contributed by atoms with Crippen LogP contribution < -0.4 is 15.0 Å². The third kappa shape index (κ3) is 4.96. The number of benzene rings is 1. The molecule has 0 fully saturated rings. The maximum atomic E-state index is 14.6. The van der Waals surface area contributed by atoms with Gasteiger partial charge in [0.25, 0.3) is 5.56 Å². The number of carbonyl (C=O) groups excluding carboxylic acids is 1. The zero-order valence-electron chi connectivity index (χ0n) is 18.2. The molecule has 0 bridgehead atoms. The Kier molecular flexibility index (Phi) is 7.54. The van der Waals surface area contributed by atoms with Crippen LogP contribution in [0.25, 0.3) is 0 Å². The highest BCUT2D eigenvalue weighted by molar-refractivity contribution is 6.30. The smallest absolute Gasteiger partial charge is 0.352 e. The second-order valence-electron chi connectivity index (χ2n) is 7.03. The molecule has 0 unspecified atom stereocenters. The van der Waals surface area contributed by atoms with Gasteiger partial charge in [-0.2, -0.15) is 19.0 Å². The lowest BCUT2D eigenvalue weighted by atomic mass is 10.2. The van der Waals surface area contributed by atoms with E-state index in [4.69, 9.17) is 26.3 Å². The van der Waals surface area contributed by atoms with Crippen molar-refractivity contribution in [2.75, 3.05) is 7.11 Å². The minimum Gasteiger partial charge on any atom is -0.481 e. The number of ether oxygens (including phenoxy) is 2. The van der Waals surface area contributed by atoms with Crippen molar-refractivity contribution in [2.24, 2.45) is 0 Å². The average Bonchev–Trinajstić information content (AvgIpc) is 2.83. The minimum atomic E-state index is -4.97. The molecule has 9 nitrogen and oxygen atoms in total. The number of aldehydes is 1. The molecule has 3 aromatic rings. The zero-order valence-corrected chi connectivity index (χ0v) is 19.0. The molecule has 2 heterocycles. The summed E-state index contributed by atoms with van der Waals surface area (Å²) < 4.78 is 80.2. The molecule has 1 aromatic carbocycles. The lowest BCUT2D eigenvalue weighted by Crippen LogP contribution is -2.32. The number of nitrogens with zero attached hydrogens (tertiary/aromatic N) is 5. The summed E-state index contributed by atoms with van der Waals surface area (Å²) >= 11 is 5.78. The van der Waals surface area contributed by atoms with E-state index in [2.05, 4.69) is 15.0 Å². The first kappa shape index (κ1) is 26.5. The topological polar surface area (TPSA) is 120 Å². The van der Waals surface area contributed by atoms with Gasteiger partial charge in [0, 0.05) is 11.1 Å². The Morgan fingerprint density at radius 1 is 1.31 bits per heavy atom. The molecule has 3 rings (SSSR count). The minimum absolute atomic E-state index is 0.118. The third-order valence-corrected chi connectivity index (χ3v) is 4.96. The molecule has 0 N–H and O–H groups in total. The molecule has 15 heteroatoms. The van der Waals surface area contributed by atoms with Crippen molar-refractivity contribution in [3.05, 3.63) is 68.0 Å². The number of aromatic nitrogens is 4. The summed E-state index contributed by atoms with van der Waals surface area (Å²) in [6.07, 6.45) is -3.41. The number of alkyl halides is 4. The molecule has 0 amide bonds. The monoisotopic (exact) mass is 529 g/mol. The summed E-state index contributed by atoms with van der Waals surface area (Å²) in [5, 5.41) is 8.76. The second kappa shape index (κ2) is 10.2. The summed E-state index contributed by atoms with van der Waals surface area (Å²) in [6, 6.07) is 3.12. The van der Waals surface area contributed by atoms with Gasteiger partial charge in [-0.25, -0.2) is 23.1 Å². The van der Waals surface area contributed by atoms with Crippen molar-refractivity contribution in [3.8, 4) is 23.4 Å². The molecule has 0 atom stereocenters. The molecular weight excluding hydrogens is 517 g/mol. The van der Waals surface area contributed by atoms with Crippen molar-refractivity contribution < 1.29 is 36.2 Å². The SMILES string of the molecule is COc1nc(C=O)nc(C)c1Cn1cnc(C(F)(F)C(F)F)c(Oc2cc(Cl)cc(C#N)c2F)c1=O. The zero-order chi connectivity index (χ0) is 26.8. The number of nitriles is 1. The molecule has 188 valence electrons. The van der Waals surface area contributed by atoms with Crippen molar-refractivity contribution in [1.29, 1.82) is 5.26 Å². The Morgan fingerprint density at radius 3 is 2.58 bits per heavy atom. The van der Waals surface area contributed by atoms with E-state index >= 15 is 0 Å². The predicted octanol–water partition coefficient (Wildman–Crippen LogP) is 4.02. The van der Waals surface area contributed by atoms with Crippen molar-refractivity contribution in [1.82, 2.24) is 19.5 Å². The Hall–Kier alpha value is -4.12. The summed E-state index contributed by atoms with van der Waals surface area (Å²) in [7, 11) is 1.20. The number of methoxy groups -OCH3 is 1. The van der Waals surface area contributed by atoms with Gasteiger partial charge in [-0.05, 0) is 13.0 Å². The highest BCUT2D eigenvalue weighted by atomic mass is 35.5. The first-order valence-corrected chi connectivity index (χ1v) is 10.0. The number of rotatable bonds is 8. The van der Waals surface area contributed by atoms with Crippen LogP contribution in [0.4, 0.5) is 22.0 Å². The molecule has 0 aliphatic carbocycles. The standard InChI is InChI=1S/C21H13ClF5N5O4/c1-9-12(18(35-2)31-14(7-33)30-9)6-32-8-29-17(21(26,27)20(24)25)16(19(32)34)36-13-4-11(22)3-10(5-28)15(13)23/h3-4,7-8,20H,6H2,1-2H3. The number of hydrogen-bond donors (Lipinski definition) is 0. The molecule has 0 aliphatic rings. The number of aryl methyl sites for hydroxylation is 1. The van der Waals surface area contributed by atoms with Crippen LogP contribution in [-0.4, -0.2) is 39.3 Å². The number of carbonyl (C=O) groups is 1. The lowest BCUT2D eigenvalue weighted by molar-refractivity contribution is -0.139. The second-order valence-corrected chi connectivity index (χ2v) is 7.47. The molecule has 0 spiro atoms. The van der Waals surface area contributed by atoms with Gasteiger partial charge in [0.1, 0.15) is 6.07 Å². The van der Waals surface area contributed by atoms with Gasteiger partial charge in [0.2, 0.25) is 11.6 Å². The Balaban J connectivity index is 2.23. The van der Waals surface area contributed by atoms with Crippen LogP contribution in [0.3, 0.4) is 0 Å². The molecule has 0 aliphatic heterocycles. The van der Waals surface area contributed by atoms with Gasteiger partial charge < -0.3 is 9.47 Å². The van der Waals surface area contributed by atoms with Crippen LogP contribution in [0.15, 0.2) is 23.3 Å². The maximum Gasteiger partial charge on any atom is 0.352 e. The quantitative estimate of drug-likeness (QED) is 0.317. The number of halogens is 6. The van der Waals surface area contributed by atoms with Crippen LogP contribution in [0.5, 0.6) is 17.4 Å². The first-order chi connectivity index (χ1) is 16.9. The summed E-state index contributed by atoms with van der Waals surface area (Å²) in [5.74, 6) is -9.11. The van der Waals surface area contributed by atoms with E-state index in [9.17, 15) is 31.5 Å². The predicted molar refractivity (Wildman–Crippen MR) is 112 cm³/mol. The van der Waals surface area contributed by atoms with Gasteiger partial charge >= 0.3 is 12.3 Å². The maximum absolute atomic E-state index is 14.6. The summed E-state index contributed by atoms with van der Waals surface area (Å²) in [4.78, 5) is 35.1. The Bertz CT molecular complexity index is 1440. The lowest BCUT2D eigenvalue weighted by Gasteiger charge is -2.19. The van der Waals surface area contributed by atoms with Crippen LogP contribution in [0, 0.1) is 24.1 Å². The van der Waals surface area contributed by atoms with Gasteiger partial charge in [0.15, 0.2) is 29.4 Å². The summed E-state index contributed by atoms with van der Waals surface area (Å²) in [5.41, 5.74) is -3.56. The average molecular weight is 530 g/mol. The van der Waals surface area contributed by atoms with Crippen LogP contribution in [-0.2, 0) is 12.5 Å². The molecule has 0 radical (unpaired) electrons. The fourth-order valence-electron chi connectivity index (χ4n) is 3.01. The molecule has 0 saturated heterocycles. The number of hydrogen-bond acceptors (Lipinski definition) is 8. The normalized spacial score (nSPS) is 11.3. The highest BCUT2D eigenvalue weighted by Crippen LogP contribution is 2.39. The van der Waals surface area contributed by atoms with E-state index < -0.39 is 53.0 Å². The fraction of sp³-hybridized carbons (Fsp3) is 0.238.